The van der Waals surface area contributed by atoms with Crippen LogP contribution >= 0.6 is 0 Å². The normalized spacial score (nSPS) is 22.4. The van der Waals surface area contributed by atoms with E-state index in [1.165, 1.54) is 0 Å². The summed E-state index contributed by atoms with van der Waals surface area (Å²) in [6.07, 6.45) is 0. The fraction of sp³-hybridized carbons (Fsp3) is 0.216. The molecule has 2 N–H and O–H groups in total. The second-order valence-corrected chi connectivity index (χ2v) is 28.1. The van der Waals surface area contributed by atoms with Gasteiger partial charge in [-0.05, 0) is 313 Å². The molecule has 0 bridgehead atoms. The lowest BCUT2D eigenvalue weighted by molar-refractivity contribution is -0.00156. The maximum Gasteiger partial charge on any atom is 0.0701 e. The van der Waals surface area contributed by atoms with Gasteiger partial charge in [-0.25, -0.2) is 0 Å². The van der Waals surface area contributed by atoms with Crippen LogP contribution in [0.25, 0.3) is 291 Å². The molecule has 366 valence electrons. The average Bonchev–Trinajstić information content (AvgIpc) is 1.52. The highest BCUT2D eigenvalue weighted by atomic mass is 16.5. The smallest absolute Gasteiger partial charge is 0.0701 e. The summed E-state index contributed by atoms with van der Waals surface area (Å²) >= 11 is 0. The summed E-state index contributed by atoms with van der Waals surface area (Å²) in [6, 6.07) is 0.0318. The van der Waals surface area contributed by atoms with E-state index >= 15 is 0 Å². The lowest BCUT2D eigenvalue weighted by Gasteiger charge is -2.52. The van der Waals surface area contributed by atoms with Crippen LogP contribution in [0.1, 0.15) is 22.3 Å². The van der Waals surface area contributed by atoms with E-state index < -0.39 is 5.41 Å². The van der Waals surface area contributed by atoms with Gasteiger partial charge in [-0.1, -0.05) is 0 Å². The zero-order valence-electron chi connectivity index (χ0n) is 43.1. The third-order valence-electron chi connectivity index (χ3n) is 27.2. The Morgan fingerprint density at radius 2 is 0.531 bits per heavy atom. The highest BCUT2D eigenvalue weighted by Crippen LogP contribution is 2.86. The molecule has 1 aliphatic heterocycles. The number of methoxy groups -OCH3 is 1. The van der Waals surface area contributed by atoms with Gasteiger partial charge in [0, 0.05) is 32.8 Å². The Balaban J connectivity index is 0.939. The summed E-state index contributed by atoms with van der Waals surface area (Å²) in [5.74, 6) is 0. The van der Waals surface area contributed by atoms with Gasteiger partial charge in [0.25, 0.3) is 0 Å². The quantitative estimate of drug-likeness (QED) is 0.0763. The molecule has 28 aromatic rings. The summed E-state index contributed by atoms with van der Waals surface area (Å²) in [5.41, 5.74) is 11.9. The fourth-order valence-electron chi connectivity index (χ4n) is 26.7. The molecule has 1 atom stereocenters. The Kier molecular flexibility index (Phi) is 3.92. The molecule has 28 aromatic carbocycles. The first-order valence-electron chi connectivity index (χ1n) is 30.4. The molecule has 1 heterocycles. The average molecular weight is 1030 g/mol. The van der Waals surface area contributed by atoms with Crippen LogP contribution in [0.15, 0.2) is 0 Å². The zero-order valence-corrected chi connectivity index (χ0v) is 43.1. The number of hydrogen-bond acceptors (Lipinski definition) is 7. The zero-order chi connectivity index (χ0) is 49.7. The predicted octanol–water partition coefficient (Wildman–Crippen LogP) is 15.6. The van der Waals surface area contributed by atoms with Crippen molar-refractivity contribution >= 4 is 291 Å². The summed E-state index contributed by atoms with van der Waals surface area (Å²) in [5, 5.41) is 88.3. The Morgan fingerprint density at radius 3 is 0.815 bits per heavy atom. The van der Waals surface area contributed by atoms with Crippen molar-refractivity contribution in [2.24, 2.45) is 5.73 Å². The van der Waals surface area contributed by atoms with E-state index in [2.05, 4.69) is 4.90 Å². The van der Waals surface area contributed by atoms with Crippen LogP contribution in [0.4, 0.5) is 0 Å². The highest BCUT2D eigenvalue weighted by molar-refractivity contribution is 6.82. The minimum Gasteiger partial charge on any atom is -0.382 e. The van der Waals surface area contributed by atoms with Crippen LogP contribution in [0.2, 0.25) is 0 Å². The molecule has 33 rings (SSSR count). The van der Waals surface area contributed by atoms with Crippen molar-refractivity contribution < 1.29 is 23.7 Å². The number of rotatable bonds is 16. The van der Waals surface area contributed by atoms with E-state index in [1.807, 2.05) is 0 Å². The Labute approximate surface area is 448 Å². The first-order valence-corrected chi connectivity index (χ1v) is 30.4. The standard InChI is InChI=1S/C74H30N2O5/c1-77-6-7-80-10-11-81-12-14-74-71-65-59-49-37-29-21-17-15-16-19-23(21)31(37)41-35-27(19)28-20(16)24-22-18(15)26-25(17)33-39(29)47-53-43(33)44-34(26)40-30(22)38-32(24)42-36(28)46-45(35)57(51(41)59)67(71)68-58(46)52(42)60-50(38)56-48(40)54(44)62-61(53)69(63(65)55(47)49)73(74,70(62)64(56)66(60)72(68)74)13-76(14)3-5-79-9-8-78-4-2-75/h14H,2-13,75H2,1H3. The number of hydrogen-bond donors (Lipinski definition) is 1. The van der Waals surface area contributed by atoms with Gasteiger partial charge in [0.2, 0.25) is 0 Å². The molecule has 1 unspecified atom stereocenters. The SMILES string of the molecule is COCCOCCOCC1N(CCOCCOCCN)CC23c4c5c6c7c8c9c(c%10c%11c2c2c4c4c%12c5c5c6c6c8c8c%13c9c9c%10c%10c%11c%11c2c2c4c4c%12c%12c5c5c6c8c6c8c%13c9c9c%10c%10c%11c2c2c4c4c%12c5c6c5c8c9c%10c2c45)C713. The molecule has 1 saturated heterocycles. The largest absolute Gasteiger partial charge is 0.382 e. The van der Waals surface area contributed by atoms with Crippen LogP contribution in [-0.2, 0) is 34.5 Å². The molecule has 0 saturated carbocycles. The van der Waals surface area contributed by atoms with Gasteiger partial charge < -0.3 is 29.4 Å². The van der Waals surface area contributed by atoms with Gasteiger partial charge in [-0.2, -0.15) is 0 Å². The first-order chi connectivity index (χ1) is 40.4. The molecule has 81 heavy (non-hydrogen) atoms. The van der Waals surface area contributed by atoms with E-state index in [9.17, 15) is 0 Å². The topological polar surface area (TPSA) is 75.4 Å². The Hall–Kier alpha value is -7.82. The third kappa shape index (κ3) is 2.24. The molecule has 4 aliphatic carbocycles. The van der Waals surface area contributed by atoms with Crippen molar-refractivity contribution in [1.29, 1.82) is 0 Å². The number of ether oxygens (including phenoxy) is 5. The van der Waals surface area contributed by atoms with Crippen molar-refractivity contribution in [3.05, 3.63) is 22.3 Å². The highest BCUT2D eigenvalue weighted by Gasteiger charge is 2.76. The predicted molar refractivity (Wildman–Crippen MR) is 333 cm³/mol. The van der Waals surface area contributed by atoms with Gasteiger partial charge in [0.15, 0.2) is 0 Å². The van der Waals surface area contributed by atoms with Crippen LogP contribution in [-0.4, -0.2) is 97.1 Å². The molecule has 7 heteroatoms. The summed E-state index contributed by atoms with van der Waals surface area (Å²) < 4.78 is 31.6. The molecular formula is C74H30N2O5. The van der Waals surface area contributed by atoms with Gasteiger partial charge >= 0.3 is 0 Å². The van der Waals surface area contributed by atoms with Crippen molar-refractivity contribution in [3.63, 3.8) is 0 Å². The summed E-state index contributed by atoms with van der Waals surface area (Å²) in [7, 11) is 1.76. The number of benzene rings is 18. The first kappa shape index (κ1) is 35.1. The van der Waals surface area contributed by atoms with Crippen molar-refractivity contribution in [3.8, 4) is 0 Å². The molecule has 5 aliphatic rings. The molecule has 0 aromatic heterocycles. The molecular weight excluding hydrogens is 997 g/mol. The van der Waals surface area contributed by atoms with Gasteiger partial charge in [0.05, 0.1) is 70.3 Å². The van der Waals surface area contributed by atoms with Crippen LogP contribution < -0.4 is 5.73 Å². The van der Waals surface area contributed by atoms with Crippen LogP contribution in [0.3, 0.4) is 0 Å². The second kappa shape index (κ2) is 9.04. The van der Waals surface area contributed by atoms with E-state index in [-0.39, 0.29) is 11.5 Å². The van der Waals surface area contributed by atoms with Crippen molar-refractivity contribution in [2.75, 3.05) is 86.2 Å². The fourth-order valence-corrected chi connectivity index (χ4v) is 26.7. The molecule has 0 radical (unpaired) electrons. The monoisotopic (exact) mass is 1030 g/mol. The number of nitrogens with zero attached hydrogens (tertiary/aromatic N) is 1. The van der Waals surface area contributed by atoms with Gasteiger partial charge in [-0.3, -0.25) is 4.90 Å². The van der Waals surface area contributed by atoms with Crippen molar-refractivity contribution in [2.45, 2.75) is 16.9 Å². The Bertz CT molecular complexity index is 7170. The molecule has 2 spiro atoms. The van der Waals surface area contributed by atoms with E-state index in [4.69, 9.17) is 29.4 Å². The Morgan fingerprint density at radius 1 is 0.296 bits per heavy atom. The molecule has 1 fully saturated rings. The van der Waals surface area contributed by atoms with Crippen LogP contribution in [0, 0.1) is 0 Å². The number of likely N-dealkylation sites (tertiary alicyclic amines) is 1. The van der Waals surface area contributed by atoms with Crippen LogP contribution in [0.5, 0.6) is 0 Å². The second-order valence-electron chi connectivity index (χ2n) is 28.1. The lowest BCUT2D eigenvalue weighted by Crippen LogP contribution is -2.56. The summed E-state index contributed by atoms with van der Waals surface area (Å²) in [4.78, 5) is 2.96. The van der Waals surface area contributed by atoms with E-state index in [0.717, 1.165) is 13.1 Å². The minimum absolute atomic E-state index is 0.0318. The van der Waals surface area contributed by atoms with Crippen molar-refractivity contribution in [1.82, 2.24) is 4.90 Å². The lowest BCUT2D eigenvalue weighted by atomic mass is 9.48. The molecule has 0 amide bonds. The van der Waals surface area contributed by atoms with E-state index in [1.54, 1.807) is 320 Å². The maximum absolute atomic E-state index is 7.36. The third-order valence-corrected chi connectivity index (χ3v) is 27.2. The van der Waals surface area contributed by atoms with Gasteiger partial charge in [-0.15, -0.1) is 0 Å². The van der Waals surface area contributed by atoms with E-state index in [0.29, 0.717) is 66.0 Å². The van der Waals surface area contributed by atoms with Gasteiger partial charge in [0.1, 0.15) is 0 Å². The minimum atomic E-state index is -0.431. The molecule has 7 nitrogen and oxygen atoms in total. The maximum atomic E-state index is 7.36. The number of nitrogens with two attached hydrogens (primary N) is 1. The summed E-state index contributed by atoms with van der Waals surface area (Å²) in [6.45, 7) is 7.45.